The predicted molar refractivity (Wildman–Crippen MR) is 116 cm³/mol. The van der Waals surface area contributed by atoms with Gasteiger partial charge in [-0.15, -0.1) is 11.3 Å². The zero-order chi connectivity index (χ0) is 20.7. The lowest BCUT2D eigenvalue weighted by molar-refractivity contribution is -0.120. The number of para-hydroxylation sites is 1. The Hall–Kier alpha value is -2.27. The monoisotopic (exact) mass is 461 g/mol. The van der Waals surface area contributed by atoms with Crippen LogP contribution in [0.1, 0.15) is 24.1 Å². The van der Waals surface area contributed by atoms with E-state index in [-0.39, 0.29) is 10.1 Å². The first-order valence-corrected chi connectivity index (χ1v) is 12.8. The van der Waals surface area contributed by atoms with Gasteiger partial charge in [-0.25, -0.2) is 13.4 Å². The second-order valence-corrected chi connectivity index (χ2v) is 11.3. The number of ether oxygens (including phenoxy) is 1. The molecule has 1 fully saturated rings. The number of aromatic nitrogens is 1. The molecule has 0 saturated carbocycles. The van der Waals surface area contributed by atoms with Gasteiger partial charge in [-0.3, -0.25) is 4.79 Å². The van der Waals surface area contributed by atoms with Crippen molar-refractivity contribution in [2.45, 2.75) is 36.1 Å². The summed E-state index contributed by atoms with van der Waals surface area (Å²) in [6, 6.07) is 10.2. The number of fused-ring (bicyclic) bond motifs is 3. The van der Waals surface area contributed by atoms with Crippen LogP contribution >= 0.6 is 22.7 Å². The fourth-order valence-corrected chi connectivity index (χ4v) is 7.48. The first-order valence-electron chi connectivity index (χ1n) is 9.62. The van der Waals surface area contributed by atoms with Crippen molar-refractivity contribution in [3.05, 3.63) is 46.7 Å². The van der Waals surface area contributed by atoms with Crippen LogP contribution in [0.25, 0.3) is 11.3 Å². The fourth-order valence-electron chi connectivity index (χ4n) is 3.81. The third-order valence-electron chi connectivity index (χ3n) is 5.24. The molecular formula is C20H19N3O4S3. The minimum atomic E-state index is -3.69. The number of thiazole rings is 1. The number of thiophene rings is 1. The number of amides is 1. The smallest absolute Gasteiger partial charge is 0.253 e. The molecule has 156 valence electrons. The first-order chi connectivity index (χ1) is 14.5. The highest BCUT2D eigenvalue weighted by molar-refractivity contribution is 7.91. The first kappa shape index (κ1) is 19.7. The Morgan fingerprint density at radius 1 is 1.20 bits per heavy atom. The van der Waals surface area contributed by atoms with Crippen LogP contribution in [0, 0.1) is 0 Å². The third kappa shape index (κ3) is 3.43. The van der Waals surface area contributed by atoms with Crippen LogP contribution in [0.4, 0.5) is 5.13 Å². The quantitative estimate of drug-likeness (QED) is 0.636. The van der Waals surface area contributed by atoms with Gasteiger partial charge in [0.25, 0.3) is 10.0 Å². The van der Waals surface area contributed by atoms with Crippen LogP contribution in [-0.2, 0) is 21.4 Å². The standard InChI is InChI=1S/C20H19N3O4S3/c24-19(14-7-3-4-10-23(14)30(25,26)17-9-5-11-28-17)22-20-21-18-13-6-1-2-8-15(13)27-12-16(18)29-20/h1-2,5-6,8-9,11,14H,3-4,7,10,12H2,(H,21,22,24). The minimum absolute atomic E-state index is 0.265. The number of nitrogens with zero attached hydrogens (tertiary/aromatic N) is 2. The molecule has 2 aliphatic rings. The molecule has 1 saturated heterocycles. The average Bonchev–Trinajstić information content (AvgIpc) is 3.44. The molecule has 10 heteroatoms. The lowest BCUT2D eigenvalue weighted by Gasteiger charge is -2.32. The van der Waals surface area contributed by atoms with Crippen molar-refractivity contribution >= 4 is 43.7 Å². The van der Waals surface area contributed by atoms with Crippen molar-refractivity contribution in [1.29, 1.82) is 0 Å². The Morgan fingerprint density at radius 3 is 2.90 bits per heavy atom. The Balaban J connectivity index is 1.40. The van der Waals surface area contributed by atoms with Crippen LogP contribution in [0.3, 0.4) is 0 Å². The number of anilines is 1. The van der Waals surface area contributed by atoms with Gasteiger partial charge in [-0.2, -0.15) is 4.31 Å². The van der Waals surface area contributed by atoms with E-state index in [1.807, 2.05) is 24.3 Å². The Bertz CT molecular complexity index is 1190. The third-order valence-corrected chi connectivity index (χ3v) is 9.47. The minimum Gasteiger partial charge on any atom is -0.487 e. The molecule has 1 unspecified atom stereocenters. The highest BCUT2D eigenvalue weighted by atomic mass is 32.2. The molecule has 4 heterocycles. The highest BCUT2D eigenvalue weighted by Crippen LogP contribution is 2.41. The summed E-state index contributed by atoms with van der Waals surface area (Å²) in [6.07, 6.45) is 2.05. The Labute approximate surface area is 182 Å². The molecule has 2 aliphatic heterocycles. The Morgan fingerprint density at radius 2 is 2.07 bits per heavy atom. The highest BCUT2D eigenvalue weighted by Gasteiger charge is 2.38. The molecule has 2 aromatic heterocycles. The lowest BCUT2D eigenvalue weighted by Crippen LogP contribution is -2.49. The van der Waals surface area contributed by atoms with Gasteiger partial charge < -0.3 is 10.1 Å². The summed E-state index contributed by atoms with van der Waals surface area (Å²) in [5.74, 6) is 0.434. The fraction of sp³-hybridized carbons (Fsp3) is 0.300. The number of sulfonamides is 1. The maximum atomic E-state index is 13.1. The number of rotatable bonds is 4. The molecule has 1 atom stereocenters. The topological polar surface area (TPSA) is 88.6 Å². The van der Waals surface area contributed by atoms with Crippen LogP contribution in [-0.4, -0.2) is 36.2 Å². The number of piperidine rings is 1. The summed E-state index contributed by atoms with van der Waals surface area (Å²) in [5, 5.41) is 5.05. The van der Waals surface area contributed by atoms with Gasteiger partial charge in [-0.05, 0) is 36.4 Å². The van der Waals surface area contributed by atoms with Gasteiger partial charge in [-0.1, -0.05) is 36.0 Å². The maximum absolute atomic E-state index is 13.1. The van der Waals surface area contributed by atoms with Crippen LogP contribution in [0.15, 0.2) is 46.0 Å². The van der Waals surface area contributed by atoms with Crippen molar-refractivity contribution in [2.24, 2.45) is 0 Å². The van der Waals surface area contributed by atoms with Gasteiger partial charge in [0, 0.05) is 12.1 Å². The molecule has 0 spiro atoms. The van der Waals surface area contributed by atoms with Crippen molar-refractivity contribution in [2.75, 3.05) is 11.9 Å². The van der Waals surface area contributed by atoms with Crippen LogP contribution < -0.4 is 10.1 Å². The van der Waals surface area contributed by atoms with Gasteiger partial charge >= 0.3 is 0 Å². The van der Waals surface area contributed by atoms with Gasteiger partial charge in [0.15, 0.2) is 5.13 Å². The molecule has 0 aliphatic carbocycles. The van der Waals surface area contributed by atoms with Crippen LogP contribution in [0.2, 0.25) is 0 Å². The number of carbonyl (C=O) groups excluding carboxylic acids is 1. The number of hydrogen-bond donors (Lipinski definition) is 1. The molecule has 0 radical (unpaired) electrons. The van der Waals surface area contributed by atoms with Crippen LogP contribution in [0.5, 0.6) is 5.75 Å². The number of benzene rings is 1. The molecule has 1 amide bonds. The molecule has 1 aromatic carbocycles. The van der Waals surface area contributed by atoms with E-state index in [0.717, 1.165) is 34.7 Å². The SMILES string of the molecule is O=C(Nc1nc2c(s1)COc1ccccc1-2)C1CCCCN1S(=O)(=O)c1cccs1. The zero-order valence-electron chi connectivity index (χ0n) is 15.9. The zero-order valence-corrected chi connectivity index (χ0v) is 18.4. The summed E-state index contributed by atoms with van der Waals surface area (Å²) in [6.45, 7) is 0.746. The van der Waals surface area contributed by atoms with Crippen molar-refractivity contribution in [3.8, 4) is 17.0 Å². The molecule has 0 bridgehead atoms. The molecule has 3 aromatic rings. The van der Waals surface area contributed by atoms with E-state index >= 15 is 0 Å². The molecule has 5 rings (SSSR count). The van der Waals surface area contributed by atoms with E-state index in [4.69, 9.17) is 4.74 Å². The molecular weight excluding hydrogens is 442 g/mol. The van der Waals surface area contributed by atoms with E-state index in [0.29, 0.717) is 24.7 Å². The summed E-state index contributed by atoms with van der Waals surface area (Å²) < 4.78 is 33.4. The summed E-state index contributed by atoms with van der Waals surface area (Å²) in [4.78, 5) is 18.6. The van der Waals surface area contributed by atoms with E-state index < -0.39 is 16.1 Å². The maximum Gasteiger partial charge on any atom is 0.253 e. The number of hydrogen-bond acceptors (Lipinski definition) is 7. The molecule has 1 N–H and O–H groups in total. The second kappa shape index (κ2) is 7.77. The molecule has 7 nitrogen and oxygen atoms in total. The van der Waals surface area contributed by atoms with Crippen molar-refractivity contribution < 1.29 is 17.9 Å². The summed E-state index contributed by atoms with van der Waals surface area (Å²) >= 11 is 2.53. The van der Waals surface area contributed by atoms with Gasteiger partial charge in [0.05, 0.1) is 10.6 Å². The lowest BCUT2D eigenvalue weighted by atomic mass is 10.0. The summed E-state index contributed by atoms with van der Waals surface area (Å²) in [5.41, 5.74) is 1.71. The van der Waals surface area contributed by atoms with E-state index in [2.05, 4.69) is 10.3 Å². The summed E-state index contributed by atoms with van der Waals surface area (Å²) in [7, 11) is -3.69. The Kier molecular flexibility index (Phi) is 5.10. The molecule has 30 heavy (non-hydrogen) atoms. The second-order valence-electron chi connectivity index (χ2n) is 7.12. The van der Waals surface area contributed by atoms with Gasteiger partial charge in [0.1, 0.15) is 22.6 Å². The van der Waals surface area contributed by atoms with E-state index in [9.17, 15) is 13.2 Å². The van der Waals surface area contributed by atoms with E-state index in [1.165, 1.54) is 27.0 Å². The normalized spacial score (nSPS) is 18.9. The largest absolute Gasteiger partial charge is 0.487 e. The predicted octanol–water partition coefficient (Wildman–Crippen LogP) is 3.95. The van der Waals surface area contributed by atoms with Gasteiger partial charge in [0.2, 0.25) is 5.91 Å². The number of carbonyl (C=O) groups is 1. The number of nitrogens with one attached hydrogen (secondary N) is 1. The van der Waals surface area contributed by atoms with Crippen molar-refractivity contribution in [1.82, 2.24) is 9.29 Å². The van der Waals surface area contributed by atoms with Crippen molar-refractivity contribution in [3.63, 3.8) is 0 Å². The average molecular weight is 462 g/mol. The van der Waals surface area contributed by atoms with E-state index in [1.54, 1.807) is 17.5 Å².